The van der Waals surface area contributed by atoms with Crippen LogP contribution in [0.15, 0.2) is 53.7 Å². The molecule has 2 aromatic carbocycles. The van der Waals surface area contributed by atoms with Gasteiger partial charge in [0.15, 0.2) is 0 Å². The number of rotatable bonds is 8. The molecule has 168 valence electrons. The lowest BCUT2D eigenvalue weighted by molar-refractivity contribution is 0.0962. The number of aryl methyl sites for hydroxylation is 1. The van der Waals surface area contributed by atoms with E-state index in [-0.39, 0.29) is 32.9 Å². The first-order valence-electron chi connectivity index (χ1n) is 9.13. The summed E-state index contributed by atoms with van der Waals surface area (Å²) in [6.45, 7) is 1.62. The minimum absolute atomic E-state index is 0.0879. The summed E-state index contributed by atoms with van der Waals surface area (Å²) in [7, 11) is -1.27. The summed E-state index contributed by atoms with van der Waals surface area (Å²) in [6, 6.07) is 8.77. The summed E-state index contributed by atoms with van der Waals surface area (Å²) in [4.78, 5) is 20.2. The highest BCUT2D eigenvalue weighted by Gasteiger charge is 2.22. The molecule has 0 aliphatic heterocycles. The maximum absolute atomic E-state index is 13.1. The van der Waals surface area contributed by atoms with Crippen LogP contribution in [0.3, 0.4) is 0 Å². The Balaban J connectivity index is 1.87. The highest BCUT2D eigenvalue weighted by Crippen LogP contribution is 2.37. The minimum atomic E-state index is -4.09. The quantitative estimate of drug-likeness (QED) is 0.422. The average Bonchev–Trinajstić information content (AvgIpc) is 2.78. The molecule has 12 heteroatoms. The van der Waals surface area contributed by atoms with Gasteiger partial charge in [-0.3, -0.25) is 20.4 Å². The smallest absolute Gasteiger partial charge is 0.269 e. The lowest BCUT2D eigenvalue weighted by atomic mass is 10.1. The standard InChI is InChI=1S/C20H20ClN5O5S/c1-12-5-6-13(19(27)24-25-20-22-7-4-8-23-20)9-18(12)32(28,29)26-15-10-14(21)16(30-2)11-17(15)31-3/h4-11,26H,1-3H3,(H,24,27)(H,22,23,25). The van der Waals surface area contributed by atoms with Crippen molar-refractivity contribution in [3.8, 4) is 11.5 Å². The van der Waals surface area contributed by atoms with Crippen molar-refractivity contribution in [1.82, 2.24) is 15.4 Å². The van der Waals surface area contributed by atoms with Crippen LogP contribution in [-0.4, -0.2) is 38.5 Å². The van der Waals surface area contributed by atoms with Gasteiger partial charge in [0.05, 0.1) is 29.8 Å². The van der Waals surface area contributed by atoms with E-state index >= 15 is 0 Å². The van der Waals surface area contributed by atoms with Gasteiger partial charge >= 0.3 is 0 Å². The van der Waals surface area contributed by atoms with Crippen LogP contribution in [-0.2, 0) is 10.0 Å². The van der Waals surface area contributed by atoms with Crippen LogP contribution in [0.5, 0.6) is 11.5 Å². The van der Waals surface area contributed by atoms with Crippen molar-refractivity contribution in [1.29, 1.82) is 0 Å². The lowest BCUT2D eigenvalue weighted by Crippen LogP contribution is -2.30. The highest BCUT2D eigenvalue weighted by atomic mass is 35.5. The molecule has 0 aliphatic rings. The minimum Gasteiger partial charge on any atom is -0.495 e. The zero-order valence-electron chi connectivity index (χ0n) is 17.3. The summed E-state index contributed by atoms with van der Waals surface area (Å²) < 4.78 is 39.0. The Labute approximate surface area is 190 Å². The van der Waals surface area contributed by atoms with Gasteiger partial charge in [0, 0.05) is 24.0 Å². The number of ether oxygens (including phenoxy) is 2. The second-order valence-corrected chi connectivity index (χ2v) is 8.48. The Morgan fingerprint density at radius 2 is 1.72 bits per heavy atom. The Bertz CT molecular complexity index is 1240. The molecule has 0 aliphatic carbocycles. The number of hydrogen-bond donors (Lipinski definition) is 3. The van der Waals surface area contributed by atoms with Gasteiger partial charge in [-0.05, 0) is 36.8 Å². The van der Waals surface area contributed by atoms with Crippen LogP contribution in [0.4, 0.5) is 11.6 Å². The molecule has 3 N–H and O–H groups in total. The predicted octanol–water partition coefficient (Wildman–Crippen LogP) is 3.01. The van der Waals surface area contributed by atoms with E-state index in [1.807, 2.05) is 0 Å². The topological polar surface area (TPSA) is 132 Å². The lowest BCUT2D eigenvalue weighted by Gasteiger charge is -2.16. The molecule has 3 rings (SSSR count). The van der Waals surface area contributed by atoms with E-state index in [0.29, 0.717) is 11.3 Å². The van der Waals surface area contributed by atoms with Gasteiger partial charge in [0.25, 0.3) is 15.9 Å². The first kappa shape index (κ1) is 23.1. The number of anilines is 2. The summed E-state index contributed by atoms with van der Waals surface area (Å²) >= 11 is 6.13. The van der Waals surface area contributed by atoms with Gasteiger partial charge in [-0.15, -0.1) is 0 Å². The second kappa shape index (κ2) is 9.71. The van der Waals surface area contributed by atoms with Crippen LogP contribution in [0.25, 0.3) is 0 Å². The third-order valence-electron chi connectivity index (χ3n) is 4.31. The predicted molar refractivity (Wildman–Crippen MR) is 120 cm³/mol. The molecule has 0 saturated heterocycles. The van der Waals surface area contributed by atoms with Gasteiger partial charge < -0.3 is 9.47 Å². The molecule has 0 bridgehead atoms. The SMILES string of the molecule is COc1cc(OC)c(NS(=O)(=O)c2cc(C(=O)NNc3ncccn3)ccc2C)cc1Cl. The van der Waals surface area contributed by atoms with E-state index in [2.05, 4.69) is 25.5 Å². The molecule has 3 aromatic rings. The number of methoxy groups -OCH3 is 2. The Kier molecular flexibility index (Phi) is 7.01. The van der Waals surface area contributed by atoms with Crippen LogP contribution < -0.4 is 25.0 Å². The number of benzene rings is 2. The van der Waals surface area contributed by atoms with Crippen molar-refractivity contribution in [2.24, 2.45) is 0 Å². The van der Waals surface area contributed by atoms with E-state index < -0.39 is 15.9 Å². The molecule has 1 heterocycles. The zero-order chi connectivity index (χ0) is 23.3. The fourth-order valence-electron chi connectivity index (χ4n) is 2.72. The van der Waals surface area contributed by atoms with Gasteiger partial charge in [0.1, 0.15) is 11.5 Å². The number of sulfonamides is 1. The first-order chi connectivity index (χ1) is 15.2. The molecule has 0 atom stereocenters. The third-order valence-corrected chi connectivity index (χ3v) is 6.11. The Morgan fingerprint density at radius 1 is 1.03 bits per heavy atom. The monoisotopic (exact) mass is 477 g/mol. The number of carbonyl (C=O) groups excluding carboxylic acids is 1. The van der Waals surface area contributed by atoms with Crippen LogP contribution in [0.1, 0.15) is 15.9 Å². The number of aromatic nitrogens is 2. The summed E-state index contributed by atoms with van der Waals surface area (Å²) in [5.74, 6) is 0.162. The molecule has 0 unspecified atom stereocenters. The summed E-state index contributed by atoms with van der Waals surface area (Å²) in [5, 5.41) is 0.199. The Hall–Kier alpha value is -3.57. The van der Waals surface area contributed by atoms with Crippen LogP contribution >= 0.6 is 11.6 Å². The van der Waals surface area contributed by atoms with E-state index in [1.54, 1.807) is 13.0 Å². The fourth-order valence-corrected chi connectivity index (χ4v) is 4.29. The fraction of sp³-hybridized carbons (Fsp3) is 0.150. The van der Waals surface area contributed by atoms with E-state index in [0.717, 1.165) is 0 Å². The number of amides is 1. The molecule has 1 amide bonds. The number of carbonyl (C=O) groups is 1. The number of nitrogens with zero attached hydrogens (tertiary/aromatic N) is 2. The van der Waals surface area contributed by atoms with Gasteiger partial charge in [-0.1, -0.05) is 17.7 Å². The van der Waals surface area contributed by atoms with Gasteiger partial charge in [-0.25, -0.2) is 18.4 Å². The molecule has 1 aromatic heterocycles. The molecular formula is C20H20ClN5O5S. The normalized spacial score (nSPS) is 10.9. The highest BCUT2D eigenvalue weighted by molar-refractivity contribution is 7.92. The van der Waals surface area contributed by atoms with Gasteiger partial charge in [0.2, 0.25) is 5.95 Å². The molecule has 0 fully saturated rings. The zero-order valence-corrected chi connectivity index (χ0v) is 18.9. The molecule has 0 spiro atoms. The summed E-state index contributed by atoms with van der Waals surface area (Å²) in [5.41, 5.74) is 5.65. The number of nitrogens with one attached hydrogen (secondary N) is 3. The van der Waals surface area contributed by atoms with Crippen LogP contribution in [0.2, 0.25) is 5.02 Å². The first-order valence-corrected chi connectivity index (χ1v) is 11.0. The maximum atomic E-state index is 13.1. The van der Waals surface area contributed by atoms with Crippen molar-refractivity contribution in [3.63, 3.8) is 0 Å². The van der Waals surface area contributed by atoms with Gasteiger partial charge in [-0.2, -0.15) is 0 Å². The largest absolute Gasteiger partial charge is 0.495 e. The molecular weight excluding hydrogens is 458 g/mol. The molecule has 0 radical (unpaired) electrons. The van der Waals surface area contributed by atoms with Crippen LogP contribution in [0, 0.1) is 6.92 Å². The number of hydrogen-bond acceptors (Lipinski definition) is 8. The molecule has 0 saturated carbocycles. The third kappa shape index (κ3) is 5.18. The van der Waals surface area contributed by atoms with Crippen molar-refractivity contribution in [2.45, 2.75) is 11.8 Å². The van der Waals surface area contributed by atoms with Crippen molar-refractivity contribution < 1.29 is 22.7 Å². The Morgan fingerprint density at radius 3 is 2.38 bits per heavy atom. The van der Waals surface area contributed by atoms with E-state index in [4.69, 9.17) is 21.1 Å². The van der Waals surface area contributed by atoms with E-state index in [1.165, 1.54) is 56.9 Å². The maximum Gasteiger partial charge on any atom is 0.269 e. The average molecular weight is 478 g/mol. The van der Waals surface area contributed by atoms with E-state index in [9.17, 15) is 13.2 Å². The van der Waals surface area contributed by atoms with Crippen molar-refractivity contribution in [2.75, 3.05) is 24.4 Å². The molecule has 10 nitrogen and oxygen atoms in total. The summed E-state index contributed by atoms with van der Waals surface area (Å²) in [6.07, 6.45) is 3.01. The number of hydrazine groups is 1. The van der Waals surface area contributed by atoms with Crippen molar-refractivity contribution in [3.05, 3.63) is 64.9 Å². The number of halogens is 1. The van der Waals surface area contributed by atoms with Crippen molar-refractivity contribution >= 4 is 39.2 Å². The molecule has 32 heavy (non-hydrogen) atoms. The second-order valence-electron chi connectivity index (χ2n) is 6.42.